The second kappa shape index (κ2) is 12.2. The molecular weight excluding hydrogens is 612 g/mol. The van der Waals surface area contributed by atoms with Crippen molar-refractivity contribution in [1.82, 2.24) is 35.4 Å². The molecule has 0 bridgehead atoms. The van der Waals surface area contributed by atoms with Gasteiger partial charge in [0.05, 0.1) is 34.0 Å². The van der Waals surface area contributed by atoms with Crippen LogP contribution in [0.3, 0.4) is 0 Å². The monoisotopic (exact) mass is 641 g/mol. The molecule has 10 nitrogen and oxygen atoms in total. The molecule has 6 rings (SSSR count). The number of aromatic nitrogens is 5. The van der Waals surface area contributed by atoms with Crippen LogP contribution in [0.25, 0.3) is 54.9 Å². The SMILES string of the molecule is C=CC(=O)N[C@H](C)c1cc(-c2nc(-c3ccc4c(c3)nc(C)n4C)c3ccsc3c2-c2c(F)cc(F)cc2OCC(=O)NC)n[nH]1. The summed E-state index contributed by atoms with van der Waals surface area (Å²) in [6.07, 6.45) is 1.17. The van der Waals surface area contributed by atoms with Crippen LogP contribution in [0.15, 0.2) is 60.5 Å². The normalized spacial score (nSPS) is 12.0. The van der Waals surface area contributed by atoms with Gasteiger partial charge in [0.2, 0.25) is 5.91 Å². The molecule has 2 amide bonds. The highest BCUT2D eigenvalue weighted by atomic mass is 32.1. The van der Waals surface area contributed by atoms with Gasteiger partial charge in [-0.3, -0.25) is 14.7 Å². The van der Waals surface area contributed by atoms with Crippen LogP contribution in [-0.4, -0.2) is 50.2 Å². The van der Waals surface area contributed by atoms with Gasteiger partial charge in [0, 0.05) is 47.4 Å². The fourth-order valence-electron chi connectivity index (χ4n) is 5.28. The number of aryl methyl sites for hydroxylation is 2. The van der Waals surface area contributed by atoms with Crippen LogP contribution < -0.4 is 15.4 Å². The lowest BCUT2D eigenvalue weighted by Gasteiger charge is -2.17. The quantitative estimate of drug-likeness (QED) is 0.167. The highest BCUT2D eigenvalue weighted by Crippen LogP contribution is 2.47. The number of likely N-dealkylation sites (N-methyl/N-ethyl adjacent to an activating group) is 1. The molecule has 1 atom stereocenters. The number of halogens is 2. The highest BCUT2D eigenvalue weighted by Gasteiger charge is 2.27. The number of fused-ring (bicyclic) bond motifs is 2. The van der Waals surface area contributed by atoms with Gasteiger partial charge < -0.3 is 19.9 Å². The van der Waals surface area contributed by atoms with E-state index in [1.54, 1.807) is 13.0 Å². The first-order valence-corrected chi connectivity index (χ1v) is 15.1. The molecule has 0 aliphatic rings. The fourth-order valence-corrected chi connectivity index (χ4v) is 6.23. The van der Waals surface area contributed by atoms with Crippen molar-refractivity contribution in [3.63, 3.8) is 0 Å². The average molecular weight is 642 g/mol. The van der Waals surface area contributed by atoms with E-state index in [4.69, 9.17) is 9.72 Å². The number of rotatable bonds is 9. The van der Waals surface area contributed by atoms with Crippen molar-refractivity contribution < 1.29 is 23.1 Å². The van der Waals surface area contributed by atoms with Gasteiger partial charge in [-0.2, -0.15) is 5.10 Å². The van der Waals surface area contributed by atoms with Crippen molar-refractivity contribution in [2.45, 2.75) is 19.9 Å². The van der Waals surface area contributed by atoms with Crippen molar-refractivity contribution >= 4 is 44.3 Å². The van der Waals surface area contributed by atoms with Gasteiger partial charge in [0.15, 0.2) is 6.61 Å². The number of aromatic amines is 1. The number of hydrogen-bond donors (Lipinski definition) is 3. The van der Waals surface area contributed by atoms with Gasteiger partial charge in [-0.15, -0.1) is 11.3 Å². The summed E-state index contributed by atoms with van der Waals surface area (Å²) in [5.74, 6) is -1.91. The molecule has 0 unspecified atom stereocenters. The van der Waals surface area contributed by atoms with Crippen molar-refractivity contribution in [3.05, 3.63) is 83.7 Å². The molecule has 234 valence electrons. The van der Waals surface area contributed by atoms with Crippen LogP contribution >= 0.6 is 11.3 Å². The van der Waals surface area contributed by atoms with Gasteiger partial charge >= 0.3 is 0 Å². The molecule has 4 aromatic heterocycles. The second-order valence-electron chi connectivity index (χ2n) is 10.6. The first kappa shape index (κ1) is 30.6. The Morgan fingerprint density at radius 2 is 1.93 bits per heavy atom. The van der Waals surface area contributed by atoms with Crippen LogP contribution in [0.5, 0.6) is 5.75 Å². The Morgan fingerprint density at radius 3 is 2.70 bits per heavy atom. The lowest BCUT2D eigenvalue weighted by Crippen LogP contribution is -2.25. The minimum Gasteiger partial charge on any atom is -0.483 e. The lowest BCUT2D eigenvalue weighted by atomic mass is 9.96. The molecule has 0 radical (unpaired) electrons. The van der Waals surface area contributed by atoms with Crippen molar-refractivity contribution in [2.24, 2.45) is 7.05 Å². The molecule has 0 spiro atoms. The number of H-pyrrole nitrogens is 1. The molecule has 0 fully saturated rings. The Hall–Kier alpha value is -5.43. The molecule has 4 heterocycles. The second-order valence-corrected chi connectivity index (χ2v) is 11.6. The van der Waals surface area contributed by atoms with Crippen molar-refractivity contribution in [1.29, 1.82) is 0 Å². The van der Waals surface area contributed by atoms with E-state index in [-0.39, 0.29) is 22.9 Å². The van der Waals surface area contributed by atoms with Crippen LogP contribution in [0, 0.1) is 18.6 Å². The van der Waals surface area contributed by atoms with Gasteiger partial charge in [0.25, 0.3) is 5.91 Å². The van der Waals surface area contributed by atoms with Crippen molar-refractivity contribution in [3.8, 4) is 39.5 Å². The van der Waals surface area contributed by atoms with Crippen molar-refractivity contribution in [2.75, 3.05) is 13.7 Å². The molecule has 0 aliphatic carbocycles. The lowest BCUT2D eigenvalue weighted by molar-refractivity contribution is -0.122. The summed E-state index contributed by atoms with van der Waals surface area (Å²) in [6, 6.07) is 10.8. The number of benzene rings is 2. The topological polar surface area (TPSA) is 127 Å². The molecule has 3 N–H and O–H groups in total. The molecule has 0 saturated heterocycles. The van der Waals surface area contributed by atoms with E-state index in [2.05, 4.69) is 32.4 Å². The summed E-state index contributed by atoms with van der Waals surface area (Å²) < 4.78 is 38.9. The zero-order valence-corrected chi connectivity index (χ0v) is 26.2. The van der Waals surface area contributed by atoms with Crippen LogP contribution in [0.2, 0.25) is 0 Å². The summed E-state index contributed by atoms with van der Waals surface area (Å²) in [5.41, 5.74) is 4.56. The van der Waals surface area contributed by atoms with E-state index < -0.39 is 30.2 Å². The van der Waals surface area contributed by atoms with Crippen LogP contribution in [0.1, 0.15) is 24.5 Å². The largest absolute Gasteiger partial charge is 0.483 e. The molecule has 13 heteroatoms. The number of carbonyl (C=O) groups is 2. The Labute approximate surface area is 266 Å². The molecule has 2 aromatic carbocycles. The van der Waals surface area contributed by atoms with Gasteiger partial charge in [-0.25, -0.2) is 18.7 Å². The summed E-state index contributed by atoms with van der Waals surface area (Å²) in [7, 11) is 3.38. The minimum atomic E-state index is -0.898. The van der Waals surface area contributed by atoms with E-state index in [0.29, 0.717) is 27.3 Å². The number of ether oxygens (including phenoxy) is 1. The summed E-state index contributed by atoms with van der Waals surface area (Å²) in [5, 5.41) is 15.3. The number of imidazole rings is 1. The zero-order chi connectivity index (χ0) is 32.7. The number of carbonyl (C=O) groups excluding carboxylic acids is 2. The highest BCUT2D eigenvalue weighted by molar-refractivity contribution is 7.18. The predicted octanol–water partition coefficient (Wildman–Crippen LogP) is 5.98. The third kappa shape index (κ3) is 5.49. The Kier molecular flexibility index (Phi) is 8.09. The smallest absolute Gasteiger partial charge is 0.257 e. The van der Waals surface area contributed by atoms with E-state index in [0.717, 1.165) is 39.9 Å². The number of nitrogens with zero attached hydrogens (tertiary/aromatic N) is 4. The van der Waals surface area contributed by atoms with E-state index in [1.807, 2.05) is 48.2 Å². The summed E-state index contributed by atoms with van der Waals surface area (Å²) in [6.45, 7) is 6.73. The fraction of sp³-hybridized carbons (Fsp3) is 0.182. The zero-order valence-electron chi connectivity index (χ0n) is 25.4. The van der Waals surface area contributed by atoms with E-state index in [1.165, 1.54) is 24.5 Å². The first-order valence-electron chi connectivity index (χ1n) is 14.3. The van der Waals surface area contributed by atoms with E-state index in [9.17, 15) is 14.0 Å². The maximum atomic E-state index is 15.9. The molecule has 0 saturated carbocycles. The van der Waals surface area contributed by atoms with Gasteiger partial charge in [-0.05, 0) is 49.6 Å². The Bertz CT molecular complexity index is 2170. The standard InChI is InChI=1S/C33H29F2N7O3S/c1-6-27(43)37-16(2)22-14-24(41-40-22)32-30(29-21(35)12-19(34)13-26(29)45-15-28(44)36-4)33-20(9-10-46-33)31(39-32)18-7-8-25-23(11-18)38-17(3)42(25)5/h6-14,16H,1,15H2,2-5H3,(H,36,44)(H,37,43)(H,40,41)/t16-/m1/s1. The molecule has 46 heavy (non-hydrogen) atoms. The molecular formula is C33H29F2N7O3S. The number of pyridine rings is 1. The predicted molar refractivity (Wildman–Crippen MR) is 173 cm³/mol. The molecule has 6 aromatic rings. The average Bonchev–Trinajstić information content (AvgIpc) is 3.79. The number of thiophene rings is 1. The first-order chi connectivity index (χ1) is 22.1. The maximum absolute atomic E-state index is 15.9. The van der Waals surface area contributed by atoms with E-state index >= 15 is 4.39 Å². The minimum absolute atomic E-state index is 0.0693. The van der Waals surface area contributed by atoms with Crippen LogP contribution in [0.4, 0.5) is 8.78 Å². The summed E-state index contributed by atoms with van der Waals surface area (Å²) in [4.78, 5) is 33.8. The third-order valence-corrected chi connectivity index (χ3v) is 8.67. The Morgan fingerprint density at radius 1 is 1.13 bits per heavy atom. The Balaban J connectivity index is 1.62. The maximum Gasteiger partial charge on any atom is 0.257 e. The number of amides is 2. The van der Waals surface area contributed by atoms with Crippen LogP contribution in [-0.2, 0) is 16.6 Å². The van der Waals surface area contributed by atoms with Gasteiger partial charge in [0.1, 0.15) is 34.6 Å². The van der Waals surface area contributed by atoms with Gasteiger partial charge in [-0.1, -0.05) is 12.6 Å². The number of nitrogens with one attached hydrogen (secondary N) is 3. The molecule has 0 aliphatic heterocycles. The number of hydrogen-bond acceptors (Lipinski definition) is 7. The summed E-state index contributed by atoms with van der Waals surface area (Å²) >= 11 is 1.35. The third-order valence-electron chi connectivity index (χ3n) is 7.74.